The van der Waals surface area contributed by atoms with Crippen LogP contribution in [0.5, 0.6) is 11.9 Å². The van der Waals surface area contributed by atoms with Crippen LogP contribution in [0.4, 0.5) is 0 Å². The highest BCUT2D eigenvalue weighted by atomic mass is 32.2. The van der Waals surface area contributed by atoms with Crippen molar-refractivity contribution >= 4 is 10.0 Å². The normalized spacial score (nSPS) is 19.0. The summed E-state index contributed by atoms with van der Waals surface area (Å²) in [5.41, 5.74) is 0. The fourth-order valence-corrected chi connectivity index (χ4v) is 4.00. The van der Waals surface area contributed by atoms with Crippen molar-refractivity contribution in [3.8, 4) is 11.9 Å². The minimum atomic E-state index is -3.57. The first-order valence-corrected chi connectivity index (χ1v) is 8.97. The van der Waals surface area contributed by atoms with E-state index in [2.05, 4.69) is 15.0 Å². The fraction of sp³-hybridized carbons (Fsp3) is 0.400. The summed E-state index contributed by atoms with van der Waals surface area (Å²) in [6.07, 6.45) is 5.63. The molecule has 24 heavy (non-hydrogen) atoms. The van der Waals surface area contributed by atoms with E-state index in [4.69, 9.17) is 9.47 Å². The Balaban J connectivity index is 1.72. The number of rotatable bonds is 5. The Bertz CT molecular complexity index is 785. The van der Waals surface area contributed by atoms with Gasteiger partial charge in [-0.2, -0.15) is 9.29 Å². The summed E-state index contributed by atoms with van der Waals surface area (Å²) in [5.74, 6) is 0.368. The van der Waals surface area contributed by atoms with Crippen LogP contribution in [0.2, 0.25) is 0 Å². The van der Waals surface area contributed by atoms with E-state index in [0.29, 0.717) is 18.8 Å². The second-order valence-corrected chi connectivity index (χ2v) is 7.25. The van der Waals surface area contributed by atoms with Gasteiger partial charge in [0.2, 0.25) is 15.9 Å². The Morgan fingerprint density at radius 3 is 2.92 bits per heavy atom. The molecule has 3 heterocycles. The second kappa shape index (κ2) is 7.10. The molecule has 3 rings (SSSR count). The second-order valence-electron chi connectivity index (χ2n) is 5.32. The number of hydrogen-bond donors (Lipinski definition) is 0. The molecule has 2 aromatic rings. The van der Waals surface area contributed by atoms with Crippen LogP contribution in [0.15, 0.2) is 41.7 Å². The standard InChI is InChI=1S/C15H18N4O4S/c1-22-15-17-8-6-14(18-15)23-12-4-3-9-19(11-12)24(20,21)13-5-2-7-16-10-13/h2,5-8,10,12H,3-4,9,11H2,1H3. The van der Waals surface area contributed by atoms with E-state index in [0.717, 1.165) is 6.42 Å². The summed E-state index contributed by atoms with van der Waals surface area (Å²) < 4.78 is 37.5. The molecule has 0 bridgehead atoms. The van der Waals surface area contributed by atoms with Crippen LogP contribution in [0, 0.1) is 0 Å². The Hall–Kier alpha value is -2.26. The molecule has 0 radical (unpaired) electrons. The third-order valence-electron chi connectivity index (χ3n) is 3.69. The summed E-state index contributed by atoms with van der Waals surface area (Å²) >= 11 is 0. The maximum Gasteiger partial charge on any atom is 0.319 e. The van der Waals surface area contributed by atoms with Crippen molar-refractivity contribution in [1.29, 1.82) is 0 Å². The van der Waals surface area contributed by atoms with Crippen molar-refractivity contribution in [3.63, 3.8) is 0 Å². The Labute approximate surface area is 140 Å². The topological polar surface area (TPSA) is 94.5 Å². The highest BCUT2D eigenvalue weighted by molar-refractivity contribution is 7.89. The molecule has 1 aliphatic rings. The van der Waals surface area contributed by atoms with Gasteiger partial charge in [-0.1, -0.05) is 0 Å². The number of pyridine rings is 1. The predicted octanol–water partition coefficient (Wildman–Crippen LogP) is 1.11. The molecule has 2 aromatic heterocycles. The molecule has 1 saturated heterocycles. The monoisotopic (exact) mass is 350 g/mol. The first kappa shape index (κ1) is 16.6. The lowest BCUT2D eigenvalue weighted by Gasteiger charge is -2.31. The maximum absolute atomic E-state index is 12.7. The summed E-state index contributed by atoms with van der Waals surface area (Å²) in [6, 6.07) is 4.99. The number of sulfonamides is 1. The van der Waals surface area contributed by atoms with Crippen molar-refractivity contribution in [2.24, 2.45) is 0 Å². The third-order valence-corrected chi connectivity index (χ3v) is 5.54. The van der Waals surface area contributed by atoms with Crippen LogP contribution < -0.4 is 9.47 Å². The SMILES string of the molecule is COc1nccc(OC2CCCN(S(=O)(=O)c3cccnc3)C2)n1. The molecule has 9 heteroatoms. The van der Waals surface area contributed by atoms with E-state index >= 15 is 0 Å². The van der Waals surface area contributed by atoms with Gasteiger partial charge in [0.25, 0.3) is 0 Å². The van der Waals surface area contributed by atoms with Gasteiger partial charge in [0.15, 0.2) is 0 Å². The minimum Gasteiger partial charge on any atom is -0.473 e. The third kappa shape index (κ3) is 3.62. The summed E-state index contributed by atoms with van der Waals surface area (Å²) in [5, 5.41) is 0. The van der Waals surface area contributed by atoms with E-state index < -0.39 is 10.0 Å². The van der Waals surface area contributed by atoms with Crippen molar-refractivity contribution in [3.05, 3.63) is 36.8 Å². The Morgan fingerprint density at radius 1 is 1.29 bits per heavy atom. The van der Waals surface area contributed by atoms with Gasteiger partial charge < -0.3 is 9.47 Å². The number of ether oxygens (including phenoxy) is 2. The van der Waals surface area contributed by atoms with E-state index in [-0.39, 0.29) is 23.6 Å². The molecule has 8 nitrogen and oxygen atoms in total. The molecule has 0 saturated carbocycles. The van der Waals surface area contributed by atoms with Crippen LogP contribution >= 0.6 is 0 Å². The van der Waals surface area contributed by atoms with Gasteiger partial charge in [0, 0.05) is 31.2 Å². The van der Waals surface area contributed by atoms with Gasteiger partial charge in [-0.05, 0) is 25.0 Å². The lowest BCUT2D eigenvalue weighted by Crippen LogP contribution is -2.44. The number of aromatic nitrogens is 3. The van der Waals surface area contributed by atoms with Gasteiger partial charge in [-0.25, -0.2) is 13.4 Å². The summed E-state index contributed by atoms with van der Waals surface area (Å²) in [7, 11) is -2.09. The minimum absolute atomic E-state index is 0.189. The quantitative estimate of drug-likeness (QED) is 0.797. The average Bonchev–Trinajstić information content (AvgIpc) is 2.63. The van der Waals surface area contributed by atoms with Crippen molar-refractivity contribution in [2.75, 3.05) is 20.2 Å². The highest BCUT2D eigenvalue weighted by Gasteiger charge is 2.31. The van der Waals surface area contributed by atoms with E-state index in [1.807, 2.05) is 0 Å². The molecule has 0 aromatic carbocycles. The van der Waals surface area contributed by atoms with Crippen molar-refractivity contribution in [1.82, 2.24) is 19.3 Å². The molecule has 1 aliphatic heterocycles. The fourth-order valence-electron chi connectivity index (χ4n) is 2.53. The van der Waals surface area contributed by atoms with Crippen molar-refractivity contribution in [2.45, 2.75) is 23.8 Å². The van der Waals surface area contributed by atoms with Crippen LogP contribution in [-0.4, -0.2) is 54.0 Å². The smallest absolute Gasteiger partial charge is 0.319 e. The van der Waals surface area contributed by atoms with Gasteiger partial charge >= 0.3 is 6.01 Å². The number of piperidine rings is 1. The summed E-state index contributed by atoms with van der Waals surface area (Å²) in [4.78, 5) is 12.1. The molecule has 128 valence electrons. The van der Waals surface area contributed by atoms with Gasteiger partial charge in [-0.15, -0.1) is 0 Å². The van der Waals surface area contributed by atoms with Crippen molar-refractivity contribution < 1.29 is 17.9 Å². The lowest BCUT2D eigenvalue weighted by molar-refractivity contribution is 0.123. The molecular formula is C15H18N4O4S. The molecule has 0 amide bonds. The predicted molar refractivity (Wildman–Crippen MR) is 85.2 cm³/mol. The maximum atomic E-state index is 12.7. The average molecular weight is 350 g/mol. The van der Waals surface area contributed by atoms with Crippen LogP contribution in [0.25, 0.3) is 0 Å². The molecule has 0 aliphatic carbocycles. The number of hydrogen-bond acceptors (Lipinski definition) is 7. The molecule has 0 N–H and O–H groups in total. The zero-order valence-electron chi connectivity index (χ0n) is 13.2. The molecular weight excluding hydrogens is 332 g/mol. The molecule has 0 spiro atoms. The summed E-state index contributed by atoms with van der Waals surface area (Å²) in [6.45, 7) is 0.730. The van der Waals surface area contributed by atoms with Gasteiger partial charge in [0.05, 0.1) is 13.7 Å². The van der Waals surface area contributed by atoms with E-state index in [1.165, 1.54) is 23.8 Å². The molecule has 1 fully saturated rings. The molecule has 1 atom stereocenters. The molecule has 1 unspecified atom stereocenters. The zero-order valence-corrected chi connectivity index (χ0v) is 14.0. The lowest BCUT2D eigenvalue weighted by atomic mass is 10.1. The number of nitrogens with zero attached hydrogens (tertiary/aromatic N) is 4. The Kier molecular flexibility index (Phi) is 4.91. The number of methoxy groups -OCH3 is 1. The van der Waals surface area contributed by atoms with Gasteiger partial charge in [0.1, 0.15) is 11.0 Å². The Morgan fingerprint density at radius 2 is 2.17 bits per heavy atom. The van der Waals surface area contributed by atoms with E-state index in [9.17, 15) is 8.42 Å². The van der Waals surface area contributed by atoms with Crippen LogP contribution in [0.1, 0.15) is 12.8 Å². The van der Waals surface area contributed by atoms with Gasteiger partial charge in [-0.3, -0.25) is 4.98 Å². The first-order valence-electron chi connectivity index (χ1n) is 7.53. The zero-order chi connectivity index (χ0) is 17.0. The van der Waals surface area contributed by atoms with Crippen LogP contribution in [0.3, 0.4) is 0 Å². The first-order chi connectivity index (χ1) is 11.6. The largest absolute Gasteiger partial charge is 0.473 e. The van der Waals surface area contributed by atoms with E-state index in [1.54, 1.807) is 24.4 Å². The highest BCUT2D eigenvalue weighted by Crippen LogP contribution is 2.23. The van der Waals surface area contributed by atoms with Crippen LogP contribution in [-0.2, 0) is 10.0 Å².